The second kappa shape index (κ2) is 9.96. The first-order valence-corrected chi connectivity index (χ1v) is 5.40. The summed E-state index contributed by atoms with van der Waals surface area (Å²) in [6.45, 7) is 6.88. The van der Waals surface area contributed by atoms with Crippen LogP contribution in [0.25, 0.3) is 0 Å². The van der Waals surface area contributed by atoms with Gasteiger partial charge < -0.3 is 10.5 Å². The van der Waals surface area contributed by atoms with Gasteiger partial charge in [0.2, 0.25) is 0 Å². The van der Waals surface area contributed by atoms with E-state index in [9.17, 15) is 0 Å². The molecule has 0 radical (unpaired) electrons. The van der Waals surface area contributed by atoms with Crippen molar-refractivity contribution in [1.82, 2.24) is 5.32 Å². The van der Waals surface area contributed by atoms with Crippen molar-refractivity contribution < 1.29 is 4.74 Å². The maximum atomic E-state index is 5.63. The van der Waals surface area contributed by atoms with Gasteiger partial charge in [-0.25, -0.2) is 0 Å². The highest BCUT2D eigenvalue weighted by Gasteiger charge is 2.03. The van der Waals surface area contributed by atoms with E-state index in [4.69, 9.17) is 10.5 Å². The maximum absolute atomic E-state index is 5.63. The molecule has 0 aromatic heterocycles. The topological polar surface area (TPSA) is 47.3 Å². The molecule has 3 heteroatoms. The van der Waals surface area contributed by atoms with Crippen molar-refractivity contribution >= 4 is 0 Å². The van der Waals surface area contributed by atoms with Crippen LogP contribution in [-0.2, 0) is 4.74 Å². The molecule has 3 nitrogen and oxygen atoms in total. The monoisotopic (exact) mass is 188 g/mol. The van der Waals surface area contributed by atoms with E-state index in [2.05, 4.69) is 19.2 Å². The Kier molecular flexibility index (Phi) is 9.87. The largest absolute Gasteiger partial charge is 0.363 e. The Morgan fingerprint density at radius 1 is 1.31 bits per heavy atom. The highest BCUT2D eigenvalue weighted by Crippen LogP contribution is 1.96. The quantitative estimate of drug-likeness (QED) is 0.425. The lowest BCUT2D eigenvalue weighted by Gasteiger charge is -2.17. The smallest absolute Gasteiger partial charge is 0.107 e. The third kappa shape index (κ3) is 8.22. The molecule has 0 heterocycles. The average molecular weight is 188 g/mol. The normalized spacial score (nSPS) is 13.2. The molecule has 0 fully saturated rings. The predicted octanol–water partition coefficient (Wildman–Crippen LogP) is 1.48. The molecule has 0 aromatic rings. The van der Waals surface area contributed by atoms with E-state index in [1.807, 2.05) is 0 Å². The fourth-order valence-corrected chi connectivity index (χ4v) is 1.06. The third-order valence-corrected chi connectivity index (χ3v) is 1.94. The van der Waals surface area contributed by atoms with Gasteiger partial charge in [0.05, 0.1) is 0 Å². The van der Waals surface area contributed by atoms with Crippen LogP contribution >= 0.6 is 0 Å². The first-order valence-electron chi connectivity index (χ1n) is 5.40. The van der Waals surface area contributed by atoms with Crippen molar-refractivity contribution in [3.63, 3.8) is 0 Å². The molecule has 1 unspecified atom stereocenters. The molecule has 0 aromatic carbocycles. The number of nitrogens with one attached hydrogen (secondary N) is 1. The molecule has 80 valence electrons. The van der Waals surface area contributed by atoms with Crippen molar-refractivity contribution in [1.29, 1.82) is 0 Å². The number of hydrogen-bond donors (Lipinski definition) is 2. The summed E-state index contributed by atoms with van der Waals surface area (Å²) in [5, 5.41) is 3.33. The van der Waals surface area contributed by atoms with Crippen LogP contribution < -0.4 is 11.1 Å². The van der Waals surface area contributed by atoms with Crippen molar-refractivity contribution in [3.8, 4) is 0 Å². The van der Waals surface area contributed by atoms with Crippen LogP contribution in [0, 0.1) is 0 Å². The van der Waals surface area contributed by atoms with Gasteiger partial charge in [0, 0.05) is 6.61 Å². The molecule has 0 aliphatic carbocycles. The summed E-state index contributed by atoms with van der Waals surface area (Å²) >= 11 is 0. The standard InChI is InChI=1S/C10H24N2O/c1-3-5-9-13-10(4-2)12-8-6-7-11/h10,12H,3-9,11H2,1-2H3. The third-order valence-electron chi connectivity index (χ3n) is 1.94. The van der Waals surface area contributed by atoms with Crippen LogP contribution in [0.5, 0.6) is 0 Å². The minimum absolute atomic E-state index is 0.220. The lowest BCUT2D eigenvalue weighted by atomic mass is 10.3. The molecule has 0 amide bonds. The second-order valence-electron chi connectivity index (χ2n) is 3.22. The Morgan fingerprint density at radius 2 is 2.08 bits per heavy atom. The molecule has 0 rings (SSSR count). The number of unbranched alkanes of at least 4 members (excludes halogenated alkanes) is 1. The molecule has 13 heavy (non-hydrogen) atoms. The molecule has 1 atom stereocenters. The first-order chi connectivity index (χ1) is 6.35. The molecular weight excluding hydrogens is 164 g/mol. The van der Waals surface area contributed by atoms with Gasteiger partial charge in [0.1, 0.15) is 6.23 Å². The minimum atomic E-state index is 0.220. The van der Waals surface area contributed by atoms with Crippen LogP contribution in [0.15, 0.2) is 0 Å². The molecule has 0 spiro atoms. The van der Waals surface area contributed by atoms with Gasteiger partial charge in [-0.15, -0.1) is 0 Å². The highest BCUT2D eigenvalue weighted by atomic mass is 16.5. The van der Waals surface area contributed by atoms with E-state index >= 15 is 0 Å². The van der Waals surface area contributed by atoms with Crippen molar-refractivity contribution in [2.45, 2.75) is 45.8 Å². The number of hydrogen-bond acceptors (Lipinski definition) is 3. The summed E-state index contributed by atoms with van der Waals surface area (Å²) < 4.78 is 5.63. The van der Waals surface area contributed by atoms with Crippen LogP contribution in [0.3, 0.4) is 0 Å². The summed E-state index contributed by atoms with van der Waals surface area (Å²) in [7, 11) is 0. The lowest BCUT2D eigenvalue weighted by Crippen LogP contribution is -2.33. The van der Waals surface area contributed by atoms with E-state index in [-0.39, 0.29) is 6.23 Å². The summed E-state index contributed by atoms with van der Waals surface area (Å²) in [6, 6.07) is 0. The van der Waals surface area contributed by atoms with Gasteiger partial charge >= 0.3 is 0 Å². The van der Waals surface area contributed by atoms with Gasteiger partial charge in [0.25, 0.3) is 0 Å². The van der Waals surface area contributed by atoms with E-state index in [0.29, 0.717) is 0 Å². The predicted molar refractivity (Wildman–Crippen MR) is 56.6 cm³/mol. The Labute approximate surface area is 82.0 Å². The molecule has 0 aliphatic heterocycles. The summed E-state index contributed by atoms with van der Waals surface area (Å²) in [6.07, 6.45) is 4.61. The van der Waals surface area contributed by atoms with Gasteiger partial charge in [-0.2, -0.15) is 0 Å². The van der Waals surface area contributed by atoms with Crippen molar-refractivity contribution in [2.24, 2.45) is 5.73 Å². The van der Waals surface area contributed by atoms with Gasteiger partial charge in [-0.3, -0.25) is 5.32 Å². The Balaban J connectivity index is 3.28. The summed E-state index contributed by atoms with van der Waals surface area (Å²) in [5.41, 5.74) is 5.40. The van der Waals surface area contributed by atoms with E-state index in [0.717, 1.165) is 39.0 Å². The zero-order valence-corrected chi connectivity index (χ0v) is 9.01. The van der Waals surface area contributed by atoms with Crippen molar-refractivity contribution in [2.75, 3.05) is 19.7 Å². The van der Waals surface area contributed by atoms with Crippen LogP contribution in [0.1, 0.15) is 39.5 Å². The maximum Gasteiger partial charge on any atom is 0.107 e. The lowest BCUT2D eigenvalue weighted by molar-refractivity contribution is 0.0258. The number of rotatable bonds is 9. The zero-order valence-electron chi connectivity index (χ0n) is 9.01. The molecule has 0 saturated heterocycles. The second-order valence-corrected chi connectivity index (χ2v) is 3.22. The van der Waals surface area contributed by atoms with Gasteiger partial charge in [0.15, 0.2) is 0 Å². The van der Waals surface area contributed by atoms with E-state index in [1.54, 1.807) is 0 Å². The Morgan fingerprint density at radius 3 is 2.62 bits per heavy atom. The van der Waals surface area contributed by atoms with E-state index in [1.165, 1.54) is 6.42 Å². The minimum Gasteiger partial charge on any atom is -0.363 e. The van der Waals surface area contributed by atoms with E-state index < -0.39 is 0 Å². The number of nitrogens with two attached hydrogens (primary N) is 1. The molecule has 3 N–H and O–H groups in total. The van der Waals surface area contributed by atoms with Gasteiger partial charge in [-0.1, -0.05) is 20.3 Å². The number of ether oxygens (including phenoxy) is 1. The fraction of sp³-hybridized carbons (Fsp3) is 1.00. The SMILES string of the molecule is CCCCOC(CC)NCCCN. The highest BCUT2D eigenvalue weighted by molar-refractivity contribution is 4.54. The van der Waals surface area contributed by atoms with Crippen LogP contribution in [-0.4, -0.2) is 25.9 Å². The summed E-state index contributed by atoms with van der Waals surface area (Å²) in [4.78, 5) is 0. The van der Waals surface area contributed by atoms with Crippen LogP contribution in [0.2, 0.25) is 0 Å². The molecule has 0 bridgehead atoms. The average Bonchev–Trinajstić information content (AvgIpc) is 2.16. The summed E-state index contributed by atoms with van der Waals surface area (Å²) in [5.74, 6) is 0. The Hall–Kier alpha value is -0.120. The molecule has 0 aliphatic rings. The first kappa shape index (κ1) is 12.9. The van der Waals surface area contributed by atoms with Crippen molar-refractivity contribution in [3.05, 3.63) is 0 Å². The Bertz CT molecular complexity index is 88.9. The zero-order chi connectivity index (χ0) is 9.94. The van der Waals surface area contributed by atoms with Gasteiger partial charge in [-0.05, 0) is 32.4 Å². The van der Waals surface area contributed by atoms with Crippen LogP contribution in [0.4, 0.5) is 0 Å². The molecular formula is C10H24N2O. The molecule has 0 saturated carbocycles. The fourth-order valence-electron chi connectivity index (χ4n) is 1.06.